The number of unbranched alkanes of at least 4 members (excludes halogenated alkanes) is 1. The lowest BCUT2D eigenvalue weighted by atomic mass is 10.1. The van der Waals surface area contributed by atoms with Crippen LogP contribution in [0.4, 0.5) is 0 Å². The van der Waals surface area contributed by atoms with Gasteiger partial charge >= 0.3 is 0 Å². The van der Waals surface area contributed by atoms with E-state index in [9.17, 15) is 13.2 Å². The summed E-state index contributed by atoms with van der Waals surface area (Å²) in [6.45, 7) is 4.72. The molecule has 0 aromatic heterocycles. The topological polar surface area (TPSA) is 84.5 Å². The molecule has 2 N–H and O–H groups in total. The van der Waals surface area contributed by atoms with Gasteiger partial charge in [-0.1, -0.05) is 43.2 Å². The van der Waals surface area contributed by atoms with E-state index in [0.717, 1.165) is 18.4 Å². The van der Waals surface area contributed by atoms with Crippen LogP contribution in [0, 0.1) is 6.92 Å². The number of sulfonamides is 1. The van der Waals surface area contributed by atoms with E-state index in [4.69, 9.17) is 4.74 Å². The zero-order chi connectivity index (χ0) is 19.7. The summed E-state index contributed by atoms with van der Waals surface area (Å²) in [5, 5.41) is 2.78. The summed E-state index contributed by atoms with van der Waals surface area (Å²) >= 11 is 0. The van der Waals surface area contributed by atoms with E-state index in [2.05, 4.69) is 10.0 Å². The van der Waals surface area contributed by atoms with Gasteiger partial charge < -0.3 is 10.1 Å². The highest BCUT2D eigenvalue weighted by atomic mass is 32.2. The number of nitrogens with one attached hydrogen (secondary N) is 2. The number of amides is 1. The lowest BCUT2D eigenvalue weighted by Crippen LogP contribution is -2.28. The fourth-order valence-electron chi connectivity index (χ4n) is 2.29. The molecule has 0 aliphatic rings. The smallest absolute Gasteiger partial charge is 0.258 e. The first-order valence-electron chi connectivity index (χ1n) is 8.95. The second-order valence-corrected chi connectivity index (χ2v) is 8.04. The van der Waals surface area contributed by atoms with Gasteiger partial charge in [0.1, 0.15) is 5.75 Å². The third-order valence-corrected chi connectivity index (χ3v) is 5.41. The quantitative estimate of drug-likeness (QED) is 0.611. The monoisotopic (exact) mass is 390 g/mol. The molecular formula is C20H26N2O4S. The summed E-state index contributed by atoms with van der Waals surface area (Å²) in [6, 6.07) is 13.9. The van der Waals surface area contributed by atoms with Crippen molar-refractivity contribution in [2.24, 2.45) is 0 Å². The highest BCUT2D eigenvalue weighted by molar-refractivity contribution is 7.89. The van der Waals surface area contributed by atoms with Crippen molar-refractivity contribution in [3.63, 3.8) is 0 Å². The molecule has 0 saturated carbocycles. The minimum Gasteiger partial charge on any atom is -0.484 e. The lowest BCUT2D eigenvalue weighted by molar-refractivity contribution is -0.123. The van der Waals surface area contributed by atoms with E-state index >= 15 is 0 Å². The first-order valence-corrected chi connectivity index (χ1v) is 10.4. The average molecular weight is 391 g/mol. The molecule has 0 aliphatic carbocycles. The summed E-state index contributed by atoms with van der Waals surface area (Å²) in [4.78, 5) is 12.1. The maximum Gasteiger partial charge on any atom is 0.258 e. The van der Waals surface area contributed by atoms with Crippen molar-refractivity contribution >= 4 is 15.9 Å². The van der Waals surface area contributed by atoms with Crippen LogP contribution in [0.1, 0.15) is 30.9 Å². The molecule has 0 atom stereocenters. The number of aryl methyl sites for hydroxylation is 1. The Bertz CT molecular complexity index is 831. The maximum absolute atomic E-state index is 12.1. The van der Waals surface area contributed by atoms with E-state index in [-0.39, 0.29) is 17.4 Å². The minimum atomic E-state index is -3.51. The highest BCUT2D eigenvalue weighted by Gasteiger charge is 2.13. The number of carbonyl (C=O) groups is 1. The van der Waals surface area contributed by atoms with Crippen LogP contribution in [0.5, 0.6) is 5.75 Å². The van der Waals surface area contributed by atoms with Gasteiger partial charge in [0.05, 0.1) is 4.90 Å². The van der Waals surface area contributed by atoms with Gasteiger partial charge in [-0.3, -0.25) is 4.79 Å². The number of hydrogen-bond donors (Lipinski definition) is 2. The van der Waals surface area contributed by atoms with Crippen molar-refractivity contribution in [3.8, 4) is 5.75 Å². The normalized spacial score (nSPS) is 11.2. The molecule has 0 unspecified atom stereocenters. The Morgan fingerprint density at radius 3 is 2.33 bits per heavy atom. The number of rotatable bonds is 10. The van der Waals surface area contributed by atoms with Crippen LogP contribution in [0.25, 0.3) is 0 Å². The number of carbonyl (C=O) groups excluding carboxylic acids is 1. The number of hydrogen-bond acceptors (Lipinski definition) is 4. The van der Waals surface area contributed by atoms with E-state index in [1.165, 1.54) is 17.7 Å². The van der Waals surface area contributed by atoms with Crippen molar-refractivity contribution in [2.75, 3.05) is 13.2 Å². The van der Waals surface area contributed by atoms with E-state index in [1.807, 2.05) is 38.1 Å². The van der Waals surface area contributed by atoms with Crippen molar-refractivity contribution in [1.29, 1.82) is 0 Å². The van der Waals surface area contributed by atoms with Gasteiger partial charge in [-0.05, 0) is 43.2 Å². The Balaban J connectivity index is 1.80. The molecule has 0 heterocycles. The molecule has 0 radical (unpaired) electrons. The van der Waals surface area contributed by atoms with Crippen LogP contribution in [0.3, 0.4) is 0 Å². The average Bonchev–Trinajstić information content (AvgIpc) is 2.66. The predicted octanol–water partition coefficient (Wildman–Crippen LogP) is 2.77. The summed E-state index contributed by atoms with van der Waals surface area (Å²) in [6.07, 6.45) is 1.71. The lowest BCUT2D eigenvalue weighted by Gasteiger charge is -2.09. The summed E-state index contributed by atoms with van der Waals surface area (Å²) in [5.74, 6) is 0.196. The van der Waals surface area contributed by atoms with E-state index in [0.29, 0.717) is 18.8 Å². The van der Waals surface area contributed by atoms with Gasteiger partial charge in [0.2, 0.25) is 10.0 Å². The molecule has 2 rings (SSSR count). The second kappa shape index (κ2) is 10.1. The largest absolute Gasteiger partial charge is 0.484 e. The number of ether oxygens (including phenoxy) is 1. The van der Waals surface area contributed by atoms with E-state index < -0.39 is 10.0 Å². The molecule has 0 aliphatic heterocycles. The highest BCUT2D eigenvalue weighted by Crippen LogP contribution is 2.16. The molecule has 0 fully saturated rings. The standard InChI is InChI=1S/C20H26N2O4S/c1-3-4-13-22-27(24,25)19-11-9-18(10-12-19)26-15-20(23)21-14-17-7-5-16(2)6-8-17/h5-12,22H,3-4,13-15H2,1-2H3,(H,21,23). The maximum atomic E-state index is 12.1. The van der Waals surface area contributed by atoms with Crippen molar-refractivity contribution in [1.82, 2.24) is 10.0 Å². The SMILES string of the molecule is CCCCNS(=O)(=O)c1ccc(OCC(=O)NCc2ccc(C)cc2)cc1. The zero-order valence-corrected chi connectivity index (χ0v) is 16.5. The van der Waals surface area contributed by atoms with Gasteiger partial charge in [-0.15, -0.1) is 0 Å². The Hall–Kier alpha value is -2.38. The van der Waals surface area contributed by atoms with Gasteiger partial charge in [0, 0.05) is 13.1 Å². The zero-order valence-electron chi connectivity index (χ0n) is 15.7. The minimum absolute atomic E-state index is 0.132. The van der Waals surface area contributed by atoms with Crippen molar-refractivity contribution in [3.05, 3.63) is 59.7 Å². The number of benzene rings is 2. The molecule has 146 valence electrons. The van der Waals surface area contributed by atoms with Crippen molar-refractivity contribution < 1.29 is 17.9 Å². The summed E-state index contributed by atoms with van der Waals surface area (Å²) in [7, 11) is -3.51. The molecule has 7 heteroatoms. The van der Waals surface area contributed by atoms with Crippen LogP contribution < -0.4 is 14.8 Å². The van der Waals surface area contributed by atoms with Crippen molar-refractivity contribution in [2.45, 2.75) is 38.1 Å². The van der Waals surface area contributed by atoms with Gasteiger partial charge in [-0.2, -0.15) is 0 Å². The molecule has 0 spiro atoms. The van der Waals surface area contributed by atoms with Crippen LogP contribution in [-0.4, -0.2) is 27.5 Å². The third kappa shape index (κ3) is 7.03. The van der Waals surface area contributed by atoms with Crippen LogP contribution in [0.2, 0.25) is 0 Å². The van der Waals surface area contributed by atoms with Gasteiger partial charge in [-0.25, -0.2) is 13.1 Å². The first-order chi connectivity index (χ1) is 12.9. The Kier molecular flexibility index (Phi) is 7.82. The molecule has 0 bridgehead atoms. The third-order valence-electron chi connectivity index (χ3n) is 3.94. The molecule has 27 heavy (non-hydrogen) atoms. The fourth-order valence-corrected chi connectivity index (χ4v) is 3.36. The second-order valence-electron chi connectivity index (χ2n) is 6.27. The van der Waals surface area contributed by atoms with Crippen LogP contribution in [0.15, 0.2) is 53.4 Å². The van der Waals surface area contributed by atoms with Gasteiger partial charge in [0.25, 0.3) is 5.91 Å². The van der Waals surface area contributed by atoms with E-state index in [1.54, 1.807) is 12.1 Å². The van der Waals surface area contributed by atoms with Crippen LogP contribution in [-0.2, 0) is 21.4 Å². The predicted molar refractivity (Wildman–Crippen MR) is 105 cm³/mol. The Morgan fingerprint density at radius 1 is 1.04 bits per heavy atom. The van der Waals surface area contributed by atoms with Crippen LogP contribution >= 0.6 is 0 Å². The Morgan fingerprint density at radius 2 is 1.70 bits per heavy atom. The van der Waals surface area contributed by atoms with Gasteiger partial charge in [0.15, 0.2) is 6.61 Å². The summed E-state index contributed by atoms with van der Waals surface area (Å²) in [5.41, 5.74) is 2.18. The fraction of sp³-hybridized carbons (Fsp3) is 0.350. The first kappa shape index (κ1) is 20.9. The molecule has 1 amide bonds. The molecule has 0 saturated heterocycles. The molecule has 6 nitrogen and oxygen atoms in total. The Labute approximate surface area is 161 Å². The molecule has 2 aromatic carbocycles. The molecule has 2 aromatic rings. The molecular weight excluding hydrogens is 364 g/mol. The summed E-state index contributed by atoms with van der Waals surface area (Å²) < 4.78 is 32.2.